The molecule has 0 atom stereocenters. The third kappa shape index (κ3) is 2.11. The van der Waals surface area contributed by atoms with E-state index in [-0.39, 0.29) is 0 Å². The summed E-state index contributed by atoms with van der Waals surface area (Å²) in [6.07, 6.45) is 0. The lowest BCUT2D eigenvalue weighted by molar-refractivity contribution is 1.44. The van der Waals surface area contributed by atoms with Gasteiger partial charge in [-0.3, -0.25) is 0 Å². The van der Waals surface area contributed by atoms with Crippen LogP contribution in [0.15, 0.2) is 42.5 Å². The van der Waals surface area contributed by atoms with Crippen molar-refractivity contribution in [1.82, 2.24) is 0 Å². The van der Waals surface area contributed by atoms with E-state index in [0.29, 0.717) is 0 Å². The summed E-state index contributed by atoms with van der Waals surface area (Å²) in [6.45, 7) is 0. The van der Waals surface area contributed by atoms with Gasteiger partial charge in [-0.15, -0.1) is 22.2 Å². The molecular formula is C11H10Cl2Si. The van der Waals surface area contributed by atoms with Crippen molar-refractivity contribution in [1.29, 1.82) is 0 Å². The normalized spacial score (nSPS) is 11.1. The molecule has 14 heavy (non-hydrogen) atoms. The second kappa shape index (κ2) is 4.35. The summed E-state index contributed by atoms with van der Waals surface area (Å²) >= 11 is 11.8. The van der Waals surface area contributed by atoms with Gasteiger partial charge in [-0.1, -0.05) is 42.5 Å². The van der Waals surface area contributed by atoms with Crippen molar-refractivity contribution < 1.29 is 0 Å². The lowest BCUT2D eigenvalue weighted by Gasteiger charge is -2.05. The van der Waals surface area contributed by atoms with Crippen LogP contribution < -0.4 is 0 Å². The van der Waals surface area contributed by atoms with Gasteiger partial charge in [0.2, 0.25) is 7.42 Å². The van der Waals surface area contributed by atoms with Gasteiger partial charge in [0, 0.05) is 0 Å². The minimum absolute atomic E-state index is 0.838. The van der Waals surface area contributed by atoms with Crippen LogP contribution in [0.3, 0.4) is 0 Å². The Morgan fingerprint density at radius 1 is 0.929 bits per heavy atom. The molecule has 2 aromatic carbocycles. The molecule has 0 aromatic heterocycles. The van der Waals surface area contributed by atoms with Crippen LogP contribution in [-0.4, -0.2) is 7.42 Å². The number of benzene rings is 2. The van der Waals surface area contributed by atoms with Crippen LogP contribution in [0, 0.1) is 0 Å². The second-order valence-electron chi connectivity index (χ2n) is 3.23. The lowest BCUT2D eigenvalue weighted by Crippen LogP contribution is -1.99. The molecule has 0 fully saturated rings. The first kappa shape index (κ1) is 10.0. The van der Waals surface area contributed by atoms with Gasteiger partial charge in [0.25, 0.3) is 0 Å². The maximum Gasteiger partial charge on any atom is 0.241 e. The minimum atomic E-state index is -1.56. The highest BCUT2D eigenvalue weighted by molar-refractivity contribution is 7.33. The Kier molecular flexibility index (Phi) is 3.11. The van der Waals surface area contributed by atoms with Crippen molar-refractivity contribution in [2.45, 2.75) is 6.04 Å². The van der Waals surface area contributed by atoms with Crippen molar-refractivity contribution in [2.24, 2.45) is 0 Å². The van der Waals surface area contributed by atoms with E-state index >= 15 is 0 Å². The van der Waals surface area contributed by atoms with Gasteiger partial charge in [0.1, 0.15) is 0 Å². The summed E-state index contributed by atoms with van der Waals surface area (Å²) < 4.78 is 0. The highest BCUT2D eigenvalue weighted by atomic mass is 35.7. The average molecular weight is 241 g/mol. The predicted molar refractivity (Wildman–Crippen MR) is 66.5 cm³/mol. The third-order valence-corrected chi connectivity index (χ3v) is 3.93. The molecule has 0 aliphatic carbocycles. The highest BCUT2D eigenvalue weighted by Crippen LogP contribution is 2.20. The Hall–Kier alpha value is -0.503. The fourth-order valence-electron chi connectivity index (χ4n) is 1.64. The van der Waals surface area contributed by atoms with Gasteiger partial charge in [0.05, 0.1) is 0 Å². The molecule has 0 radical (unpaired) electrons. The molecule has 3 heteroatoms. The molecule has 0 amide bonds. The lowest BCUT2D eigenvalue weighted by atomic mass is 10.1. The van der Waals surface area contributed by atoms with E-state index in [4.69, 9.17) is 22.2 Å². The Morgan fingerprint density at radius 3 is 2.43 bits per heavy atom. The SMILES string of the molecule is Cl[SiH](Cl)Cc1cccc2ccccc12. The van der Waals surface area contributed by atoms with Crippen molar-refractivity contribution >= 4 is 40.3 Å². The largest absolute Gasteiger partial charge is 0.241 e. The molecule has 0 bridgehead atoms. The fraction of sp³-hybridized carbons (Fsp3) is 0.0909. The van der Waals surface area contributed by atoms with E-state index in [2.05, 4.69) is 30.3 Å². The molecule has 2 rings (SSSR count). The highest BCUT2D eigenvalue weighted by Gasteiger charge is 2.06. The van der Waals surface area contributed by atoms with Gasteiger partial charge in [-0.25, -0.2) is 0 Å². The summed E-state index contributed by atoms with van der Waals surface area (Å²) in [6, 6.07) is 15.4. The molecule has 2 aromatic rings. The maximum absolute atomic E-state index is 5.92. The first-order chi connectivity index (χ1) is 6.77. The Labute approximate surface area is 94.5 Å². The summed E-state index contributed by atoms with van der Waals surface area (Å²) in [7, 11) is -1.56. The molecule has 0 spiro atoms. The molecule has 0 nitrogen and oxygen atoms in total. The molecule has 0 heterocycles. The third-order valence-electron chi connectivity index (χ3n) is 2.25. The Bertz CT molecular complexity index is 435. The fourth-order valence-corrected chi connectivity index (χ4v) is 3.32. The van der Waals surface area contributed by atoms with Crippen LogP contribution >= 0.6 is 22.2 Å². The van der Waals surface area contributed by atoms with Gasteiger partial charge >= 0.3 is 0 Å². The van der Waals surface area contributed by atoms with Crippen LogP contribution in [0.1, 0.15) is 5.56 Å². The predicted octanol–water partition coefficient (Wildman–Crippen LogP) is 3.62. The Balaban J connectivity index is 2.53. The minimum Gasteiger partial charge on any atom is -0.150 e. The van der Waals surface area contributed by atoms with E-state index in [1.165, 1.54) is 16.3 Å². The van der Waals surface area contributed by atoms with Crippen molar-refractivity contribution in [2.75, 3.05) is 0 Å². The van der Waals surface area contributed by atoms with E-state index < -0.39 is 7.42 Å². The average Bonchev–Trinajstić information content (AvgIpc) is 2.18. The zero-order valence-electron chi connectivity index (χ0n) is 7.58. The van der Waals surface area contributed by atoms with Gasteiger partial charge in [0.15, 0.2) is 0 Å². The van der Waals surface area contributed by atoms with Crippen LogP contribution in [0.25, 0.3) is 10.8 Å². The van der Waals surface area contributed by atoms with E-state index in [0.717, 1.165) is 6.04 Å². The zero-order chi connectivity index (χ0) is 9.97. The van der Waals surface area contributed by atoms with Crippen LogP contribution in [0.2, 0.25) is 0 Å². The number of hydrogen-bond acceptors (Lipinski definition) is 0. The first-order valence-electron chi connectivity index (χ1n) is 4.52. The molecule has 0 saturated heterocycles. The summed E-state index contributed by atoms with van der Waals surface area (Å²) in [5.74, 6) is 0. The monoisotopic (exact) mass is 240 g/mol. The van der Waals surface area contributed by atoms with Gasteiger partial charge in [-0.2, -0.15) is 0 Å². The van der Waals surface area contributed by atoms with Gasteiger partial charge < -0.3 is 0 Å². The summed E-state index contributed by atoms with van der Waals surface area (Å²) in [4.78, 5) is 0. The summed E-state index contributed by atoms with van der Waals surface area (Å²) in [5.41, 5.74) is 1.27. The van der Waals surface area contributed by atoms with Crippen molar-refractivity contribution in [3.63, 3.8) is 0 Å². The second-order valence-corrected chi connectivity index (χ2v) is 8.26. The maximum atomic E-state index is 5.92. The molecule has 0 aliphatic rings. The standard InChI is InChI=1S/C11H10Cl2Si/c12-14(13)8-10-6-3-5-9-4-1-2-7-11(9)10/h1-7,14H,8H2. The van der Waals surface area contributed by atoms with E-state index in [9.17, 15) is 0 Å². The number of rotatable bonds is 2. The molecule has 0 N–H and O–H groups in total. The topological polar surface area (TPSA) is 0 Å². The molecule has 0 aliphatic heterocycles. The van der Waals surface area contributed by atoms with E-state index in [1.54, 1.807) is 0 Å². The number of hydrogen-bond donors (Lipinski definition) is 0. The molecule has 72 valence electrons. The molecular weight excluding hydrogens is 231 g/mol. The zero-order valence-corrected chi connectivity index (χ0v) is 10.2. The van der Waals surface area contributed by atoms with Crippen molar-refractivity contribution in [3.8, 4) is 0 Å². The molecule has 0 unspecified atom stereocenters. The van der Waals surface area contributed by atoms with Gasteiger partial charge in [-0.05, 0) is 22.4 Å². The number of halogens is 2. The smallest absolute Gasteiger partial charge is 0.150 e. The molecule has 0 saturated carbocycles. The number of fused-ring (bicyclic) bond motifs is 1. The first-order valence-corrected chi connectivity index (χ1v) is 8.83. The van der Waals surface area contributed by atoms with E-state index in [1.807, 2.05) is 12.1 Å². The Morgan fingerprint density at radius 2 is 1.64 bits per heavy atom. The summed E-state index contributed by atoms with van der Waals surface area (Å²) in [5, 5.41) is 2.53. The van der Waals surface area contributed by atoms with Crippen molar-refractivity contribution in [3.05, 3.63) is 48.0 Å². The van der Waals surface area contributed by atoms with Crippen LogP contribution in [0.5, 0.6) is 0 Å². The van der Waals surface area contributed by atoms with Crippen LogP contribution in [-0.2, 0) is 6.04 Å². The quantitative estimate of drug-likeness (QED) is 0.556. The van der Waals surface area contributed by atoms with Crippen LogP contribution in [0.4, 0.5) is 0 Å².